The lowest BCUT2D eigenvalue weighted by atomic mass is 10.0. The van der Waals surface area contributed by atoms with Gasteiger partial charge in [-0.15, -0.1) is 0 Å². The smallest absolute Gasteiger partial charge is 0.315 e. The number of nitrogens with one attached hydrogen (secondary N) is 3. The third-order valence-corrected chi connectivity index (χ3v) is 4.44. The van der Waals surface area contributed by atoms with Crippen LogP contribution in [0.4, 0.5) is 10.5 Å². The van der Waals surface area contributed by atoms with Crippen molar-refractivity contribution in [3.8, 4) is 0 Å². The van der Waals surface area contributed by atoms with Crippen molar-refractivity contribution in [2.45, 2.75) is 65.0 Å². The Morgan fingerprint density at radius 2 is 1.83 bits per heavy atom. The highest BCUT2D eigenvalue weighted by molar-refractivity contribution is 5.92. The van der Waals surface area contributed by atoms with Gasteiger partial charge in [0.05, 0.1) is 6.04 Å². The van der Waals surface area contributed by atoms with Crippen molar-refractivity contribution in [3.05, 3.63) is 29.3 Å². The Morgan fingerprint density at radius 3 is 2.43 bits per heavy atom. The number of amides is 3. The fourth-order valence-electron chi connectivity index (χ4n) is 3.00. The lowest BCUT2D eigenvalue weighted by Crippen LogP contribution is -2.30. The summed E-state index contributed by atoms with van der Waals surface area (Å²) in [7, 11) is 0. The molecule has 0 saturated carbocycles. The van der Waals surface area contributed by atoms with E-state index in [9.17, 15) is 9.59 Å². The maximum Gasteiger partial charge on any atom is 0.315 e. The van der Waals surface area contributed by atoms with Gasteiger partial charge in [0.15, 0.2) is 0 Å². The molecule has 1 saturated heterocycles. The maximum absolute atomic E-state index is 12.1. The first-order valence-corrected chi connectivity index (χ1v) is 8.40. The van der Waals surface area contributed by atoms with Crippen molar-refractivity contribution in [1.82, 2.24) is 10.6 Å². The number of para-hydroxylation sites is 1. The number of unbranched alkanes of at least 4 members (excludes halogenated alkanes) is 2. The van der Waals surface area contributed by atoms with Crippen LogP contribution in [0.3, 0.4) is 0 Å². The van der Waals surface area contributed by atoms with Crippen molar-refractivity contribution >= 4 is 17.6 Å². The highest BCUT2D eigenvalue weighted by Crippen LogP contribution is 2.20. The summed E-state index contributed by atoms with van der Waals surface area (Å²) in [5.41, 5.74) is 3.12. The summed E-state index contributed by atoms with van der Waals surface area (Å²) in [4.78, 5) is 23.2. The van der Waals surface area contributed by atoms with Crippen LogP contribution >= 0.6 is 0 Å². The predicted octanol–water partition coefficient (Wildman–Crippen LogP) is 3.26. The van der Waals surface area contributed by atoms with Crippen LogP contribution in [-0.4, -0.2) is 24.0 Å². The minimum Gasteiger partial charge on any atom is -0.334 e. The summed E-state index contributed by atoms with van der Waals surface area (Å²) in [6.07, 6.45) is 4.39. The minimum atomic E-state index is -0.0736. The van der Waals surface area contributed by atoms with Gasteiger partial charge in [0.2, 0.25) is 5.91 Å². The maximum atomic E-state index is 12.1. The summed E-state index contributed by atoms with van der Waals surface area (Å²) in [5, 5.41) is 8.79. The summed E-state index contributed by atoms with van der Waals surface area (Å²) in [6, 6.07) is 6.34. The topological polar surface area (TPSA) is 70.2 Å². The van der Waals surface area contributed by atoms with Gasteiger partial charge < -0.3 is 16.0 Å². The molecule has 0 spiro atoms. The third kappa shape index (κ3) is 4.98. The molecular weight excluding hydrogens is 290 g/mol. The zero-order valence-corrected chi connectivity index (χ0v) is 14.2. The second kappa shape index (κ2) is 7.99. The minimum absolute atomic E-state index is 0.0736. The molecule has 3 N–H and O–H groups in total. The van der Waals surface area contributed by atoms with Crippen LogP contribution in [0, 0.1) is 13.8 Å². The molecule has 1 aromatic carbocycles. The highest BCUT2D eigenvalue weighted by Gasteiger charge is 2.26. The predicted molar refractivity (Wildman–Crippen MR) is 92.5 cm³/mol. The normalized spacial score (nSPS) is 20.0. The Labute approximate surface area is 138 Å². The van der Waals surface area contributed by atoms with E-state index in [1.807, 2.05) is 39.0 Å². The average molecular weight is 317 g/mol. The van der Waals surface area contributed by atoms with Gasteiger partial charge in [-0.1, -0.05) is 31.0 Å². The first-order valence-electron chi connectivity index (χ1n) is 8.40. The highest BCUT2D eigenvalue weighted by atomic mass is 16.2. The Kier molecular flexibility index (Phi) is 6.02. The molecule has 2 rings (SSSR count). The second-order valence-corrected chi connectivity index (χ2v) is 6.43. The van der Waals surface area contributed by atoms with E-state index in [1.165, 1.54) is 0 Å². The molecule has 0 radical (unpaired) electrons. The van der Waals surface area contributed by atoms with E-state index in [1.54, 1.807) is 0 Å². The zero-order chi connectivity index (χ0) is 16.8. The Hall–Kier alpha value is -2.04. The number of urea groups is 1. The monoisotopic (exact) mass is 317 g/mol. The van der Waals surface area contributed by atoms with Crippen molar-refractivity contribution in [2.75, 3.05) is 5.32 Å². The van der Waals surface area contributed by atoms with Gasteiger partial charge in [-0.05, 0) is 44.7 Å². The quantitative estimate of drug-likeness (QED) is 0.676. The molecule has 0 aliphatic carbocycles. The lowest BCUT2D eigenvalue weighted by molar-refractivity contribution is -0.116. The van der Waals surface area contributed by atoms with E-state index in [0.29, 0.717) is 6.42 Å². The van der Waals surface area contributed by atoms with Crippen LogP contribution < -0.4 is 16.0 Å². The largest absolute Gasteiger partial charge is 0.334 e. The molecule has 1 fully saturated rings. The Balaban J connectivity index is 1.64. The zero-order valence-electron chi connectivity index (χ0n) is 14.2. The first kappa shape index (κ1) is 17.3. The number of carbonyl (C=O) groups is 2. The van der Waals surface area contributed by atoms with Gasteiger partial charge in [-0.25, -0.2) is 4.79 Å². The summed E-state index contributed by atoms with van der Waals surface area (Å²) in [5.74, 6) is 0.0756. The van der Waals surface area contributed by atoms with E-state index in [-0.39, 0.29) is 24.0 Å². The number of aryl methyl sites for hydroxylation is 2. The van der Waals surface area contributed by atoms with Crippen LogP contribution in [0.15, 0.2) is 18.2 Å². The van der Waals surface area contributed by atoms with Crippen LogP contribution in [0.1, 0.15) is 50.2 Å². The number of carbonyl (C=O) groups excluding carboxylic acids is 2. The molecule has 23 heavy (non-hydrogen) atoms. The summed E-state index contributed by atoms with van der Waals surface area (Å²) >= 11 is 0. The molecule has 0 unspecified atom stereocenters. The Bertz CT molecular complexity index is 551. The van der Waals surface area contributed by atoms with Crippen molar-refractivity contribution < 1.29 is 9.59 Å². The SMILES string of the molecule is Cc1cccc(C)c1NC(=O)CCCCC[C@H]1NC(=O)N[C@H]1C. The fourth-order valence-corrected chi connectivity index (χ4v) is 3.00. The van der Waals surface area contributed by atoms with E-state index in [4.69, 9.17) is 0 Å². The van der Waals surface area contributed by atoms with Gasteiger partial charge in [0, 0.05) is 18.2 Å². The number of rotatable bonds is 7. The molecule has 3 amide bonds. The molecule has 1 aliphatic heterocycles. The number of anilines is 1. The van der Waals surface area contributed by atoms with Crippen LogP contribution in [0.25, 0.3) is 0 Å². The second-order valence-electron chi connectivity index (χ2n) is 6.43. The summed E-state index contributed by atoms with van der Waals surface area (Å²) in [6.45, 7) is 6.03. The van der Waals surface area contributed by atoms with E-state index >= 15 is 0 Å². The molecule has 1 heterocycles. The number of hydrogen-bond donors (Lipinski definition) is 3. The molecule has 5 heteroatoms. The fraction of sp³-hybridized carbons (Fsp3) is 0.556. The number of hydrogen-bond acceptors (Lipinski definition) is 2. The van der Waals surface area contributed by atoms with E-state index in [0.717, 1.165) is 42.5 Å². The van der Waals surface area contributed by atoms with Gasteiger partial charge >= 0.3 is 6.03 Å². The van der Waals surface area contributed by atoms with E-state index < -0.39 is 0 Å². The van der Waals surface area contributed by atoms with E-state index in [2.05, 4.69) is 16.0 Å². The van der Waals surface area contributed by atoms with Crippen molar-refractivity contribution in [2.24, 2.45) is 0 Å². The molecule has 0 bridgehead atoms. The molecule has 1 aliphatic rings. The third-order valence-electron chi connectivity index (χ3n) is 4.44. The van der Waals surface area contributed by atoms with Crippen molar-refractivity contribution in [1.29, 1.82) is 0 Å². The van der Waals surface area contributed by atoms with Gasteiger partial charge in [-0.3, -0.25) is 4.79 Å². The molecule has 0 aromatic heterocycles. The average Bonchev–Trinajstić information content (AvgIpc) is 2.81. The van der Waals surface area contributed by atoms with Crippen LogP contribution in [0.2, 0.25) is 0 Å². The molecule has 2 atom stereocenters. The first-order chi connectivity index (χ1) is 11.0. The van der Waals surface area contributed by atoms with Gasteiger partial charge in [0.25, 0.3) is 0 Å². The lowest BCUT2D eigenvalue weighted by Gasteiger charge is -2.14. The molecular formula is C18H27N3O2. The van der Waals surface area contributed by atoms with Gasteiger partial charge in [-0.2, -0.15) is 0 Å². The molecule has 5 nitrogen and oxygen atoms in total. The Morgan fingerprint density at radius 1 is 1.13 bits per heavy atom. The van der Waals surface area contributed by atoms with Gasteiger partial charge in [0.1, 0.15) is 0 Å². The molecule has 126 valence electrons. The van der Waals surface area contributed by atoms with Crippen LogP contribution in [0.5, 0.6) is 0 Å². The summed E-state index contributed by atoms with van der Waals surface area (Å²) < 4.78 is 0. The number of benzene rings is 1. The molecule has 1 aromatic rings. The van der Waals surface area contributed by atoms with Crippen molar-refractivity contribution in [3.63, 3.8) is 0 Å². The van der Waals surface area contributed by atoms with Crippen LogP contribution in [-0.2, 0) is 4.79 Å². The standard InChI is InChI=1S/C18H27N3O2/c1-12-8-7-9-13(2)17(12)21-16(22)11-6-4-5-10-15-14(3)19-18(23)20-15/h7-9,14-15H,4-6,10-11H2,1-3H3,(H,21,22)(H2,19,20,23)/t14-,15+/m0/s1.